The molecule has 1 fully saturated rings. The number of rotatable bonds is 1. The molecule has 0 amide bonds. The second-order valence-corrected chi connectivity index (χ2v) is 4.73. The maximum Gasteiger partial charge on any atom is 0.156 e. The number of allylic oxidation sites excluding steroid dienone is 1. The fourth-order valence-corrected chi connectivity index (χ4v) is 3.12. The predicted molar refractivity (Wildman–Crippen MR) is 57.5 cm³/mol. The lowest BCUT2D eigenvalue weighted by Crippen LogP contribution is -2.36. The Morgan fingerprint density at radius 1 is 1.47 bits per heavy atom. The highest BCUT2D eigenvalue weighted by Gasteiger charge is 2.47. The molecular weight excluding hydrogens is 188 g/mol. The minimum absolute atomic E-state index is 0.202. The number of carbonyl (C=O) groups excluding carboxylic acids is 1. The molecule has 0 saturated heterocycles. The Kier molecular flexibility index (Phi) is 2.06. The quantitative estimate of drug-likeness (QED) is 0.613. The van der Waals surface area contributed by atoms with E-state index in [0.29, 0.717) is 0 Å². The van der Waals surface area contributed by atoms with E-state index < -0.39 is 5.60 Å². The normalized spacial score (nSPS) is 38.8. The molecule has 2 aliphatic carbocycles. The molecule has 0 aromatic rings. The molecule has 15 heavy (non-hydrogen) atoms. The van der Waals surface area contributed by atoms with Crippen LogP contribution in [-0.2, 0) is 9.53 Å². The van der Waals surface area contributed by atoms with Crippen molar-refractivity contribution in [3.63, 3.8) is 0 Å². The molecule has 1 heterocycles. The molecule has 0 radical (unpaired) electrons. The van der Waals surface area contributed by atoms with Crippen molar-refractivity contribution in [2.24, 2.45) is 0 Å². The van der Waals surface area contributed by atoms with Crippen molar-refractivity contribution in [2.45, 2.75) is 50.2 Å². The lowest BCUT2D eigenvalue weighted by molar-refractivity contribution is -0.130. The second-order valence-electron chi connectivity index (χ2n) is 4.73. The minimum Gasteiger partial charge on any atom is -0.355 e. The van der Waals surface area contributed by atoms with Gasteiger partial charge in [0.2, 0.25) is 0 Å². The van der Waals surface area contributed by atoms with Gasteiger partial charge in [-0.1, -0.05) is 12.2 Å². The number of hydrogen-bond acceptors (Lipinski definition) is 2. The average Bonchev–Trinajstić information content (AvgIpc) is 2.64. The smallest absolute Gasteiger partial charge is 0.156 e. The summed E-state index contributed by atoms with van der Waals surface area (Å²) < 4.78 is 6.01. The summed E-state index contributed by atoms with van der Waals surface area (Å²) in [7, 11) is 0. The predicted octanol–water partition coefficient (Wildman–Crippen LogP) is 2.54. The summed E-state index contributed by atoms with van der Waals surface area (Å²) in [6.45, 7) is 0. The van der Waals surface area contributed by atoms with Gasteiger partial charge in [-0.15, -0.1) is 0 Å². The maximum absolute atomic E-state index is 11.3. The zero-order valence-electron chi connectivity index (χ0n) is 8.87. The molecule has 3 rings (SSSR count). The number of aldehydes is 1. The van der Waals surface area contributed by atoms with E-state index in [1.54, 1.807) is 0 Å². The first-order valence-electron chi connectivity index (χ1n) is 5.90. The molecule has 0 bridgehead atoms. The lowest BCUT2D eigenvalue weighted by Gasteiger charge is -2.30. The van der Waals surface area contributed by atoms with E-state index in [-0.39, 0.29) is 6.10 Å². The molecule has 2 unspecified atom stereocenters. The molecular formula is C13H16O2. The molecule has 2 heteroatoms. The van der Waals surface area contributed by atoms with Crippen LogP contribution in [0.15, 0.2) is 23.3 Å². The first-order chi connectivity index (χ1) is 7.36. The first kappa shape index (κ1) is 9.34. The van der Waals surface area contributed by atoms with E-state index in [1.807, 2.05) is 0 Å². The summed E-state index contributed by atoms with van der Waals surface area (Å²) in [6, 6.07) is 0. The van der Waals surface area contributed by atoms with Gasteiger partial charge in [-0.2, -0.15) is 0 Å². The summed E-state index contributed by atoms with van der Waals surface area (Å²) >= 11 is 0. The van der Waals surface area contributed by atoms with Crippen LogP contribution < -0.4 is 0 Å². The van der Waals surface area contributed by atoms with Crippen LogP contribution in [0.1, 0.15) is 38.5 Å². The van der Waals surface area contributed by atoms with Crippen molar-refractivity contribution in [2.75, 3.05) is 0 Å². The van der Waals surface area contributed by atoms with Gasteiger partial charge in [0, 0.05) is 0 Å². The number of fused-ring (bicyclic) bond motifs is 2. The van der Waals surface area contributed by atoms with E-state index in [4.69, 9.17) is 4.74 Å². The van der Waals surface area contributed by atoms with Crippen LogP contribution in [0.3, 0.4) is 0 Å². The Labute approximate surface area is 90.0 Å². The van der Waals surface area contributed by atoms with Gasteiger partial charge in [0.05, 0.1) is 6.10 Å². The van der Waals surface area contributed by atoms with Gasteiger partial charge in [0.25, 0.3) is 0 Å². The molecule has 1 aliphatic heterocycles. The Morgan fingerprint density at radius 2 is 2.40 bits per heavy atom. The summed E-state index contributed by atoms with van der Waals surface area (Å²) in [6.07, 6.45) is 12.0. The first-order valence-corrected chi connectivity index (χ1v) is 5.90. The summed E-state index contributed by atoms with van der Waals surface area (Å²) in [5, 5.41) is 0. The Bertz CT molecular complexity index is 354. The van der Waals surface area contributed by atoms with Gasteiger partial charge in [-0.05, 0) is 49.7 Å². The highest BCUT2D eigenvalue weighted by atomic mass is 16.5. The molecule has 2 atom stereocenters. The Morgan fingerprint density at radius 3 is 3.27 bits per heavy atom. The van der Waals surface area contributed by atoms with E-state index in [9.17, 15) is 4.79 Å². The van der Waals surface area contributed by atoms with Gasteiger partial charge >= 0.3 is 0 Å². The van der Waals surface area contributed by atoms with Crippen LogP contribution in [0.2, 0.25) is 0 Å². The highest BCUT2D eigenvalue weighted by Crippen LogP contribution is 2.46. The number of hydrogen-bond donors (Lipinski definition) is 0. The van der Waals surface area contributed by atoms with Crippen molar-refractivity contribution < 1.29 is 9.53 Å². The third-order valence-corrected chi connectivity index (χ3v) is 3.87. The minimum atomic E-state index is -0.535. The Balaban J connectivity index is 2.07. The third kappa shape index (κ3) is 1.24. The molecule has 1 saturated carbocycles. The van der Waals surface area contributed by atoms with E-state index in [1.165, 1.54) is 17.6 Å². The van der Waals surface area contributed by atoms with E-state index in [2.05, 4.69) is 12.2 Å². The molecule has 0 aromatic heterocycles. The fraction of sp³-hybridized carbons (Fsp3) is 0.615. The van der Waals surface area contributed by atoms with E-state index >= 15 is 0 Å². The van der Waals surface area contributed by atoms with Crippen LogP contribution in [0.5, 0.6) is 0 Å². The fourth-order valence-electron chi connectivity index (χ4n) is 3.12. The zero-order chi connectivity index (χ0) is 10.3. The van der Waals surface area contributed by atoms with Gasteiger partial charge < -0.3 is 4.74 Å². The van der Waals surface area contributed by atoms with Crippen LogP contribution in [0.4, 0.5) is 0 Å². The SMILES string of the molecule is O=CC12CCCCC1=C1C=CCCC1O2. The number of carbonyl (C=O) groups is 1. The lowest BCUT2D eigenvalue weighted by atomic mass is 9.79. The summed E-state index contributed by atoms with van der Waals surface area (Å²) in [4.78, 5) is 11.3. The Hall–Kier alpha value is -0.890. The van der Waals surface area contributed by atoms with Crippen LogP contribution in [0, 0.1) is 0 Å². The van der Waals surface area contributed by atoms with Gasteiger partial charge in [-0.3, -0.25) is 4.79 Å². The average molecular weight is 204 g/mol. The van der Waals surface area contributed by atoms with Gasteiger partial charge in [0.1, 0.15) is 5.60 Å². The van der Waals surface area contributed by atoms with Gasteiger partial charge in [0.15, 0.2) is 6.29 Å². The maximum atomic E-state index is 11.3. The van der Waals surface area contributed by atoms with Crippen molar-refractivity contribution in [1.29, 1.82) is 0 Å². The van der Waals surface area contributed by atoms with Gasteiger partial charge in [-0.25, -0.2) is 0 Å². The standard InChI is InChI=1S/C13H16O2/c14-9-13-8-4-3-6-11(13)10-5-1-2-7-12(10)15-13/h1,5,9,12H,2-4,6-8H2. The molecule has 0 N–H and O–H groups in total. The third-order valence-electron chi connectivity index (χ3n) is 3.87. The van der Waals surface area contributed by atoms with Crippen molar-refractivity contribution in [3.05, 3.63) is 23.3 Å². The topological polar surface area (TPSA) is 26.3 Å². The van der Waals surface area contributed by atoms with Crippen LogP contribution in [-0.4, -0.2) is 18.0 Å². The summed E-state index contributed by atoms with van der Waals surface area (Å²) in [5.41, 5.74) is 2.06. The molecule has 0 spiro atoms. The van der Waals surface area contributed by atoms with Crippen LogP contribution in [0.25, 0.3) is 0 Å². The monoisotopic (exact) mass is 204 g/mol. The van der Waals surface area contributed by atoms with Crippen LogP contribution >= 0.6 is 0 Å². The molecule has 0 aromatic carbocycles. The zero-order valence-corrected chi connectivity index (χ0v) is 8.87. The highest BCUT2D eigenvalue weighted by molar-refractivity contribution is 5.72. The van der Waals surface area contributed by atoms with Crippen molar-refractivity contribution >= 4 is 6.29 Å². The summed E-state index contributed by atoms with van der Waals surface area (Å²) in [5.74, 6) is 0. The number of ether oxygens (including phenoxy) is 1. The molecule has 2 nitrogen and oxygen atoms in total. The van der Waals surface area contributed by atoms with Crippen molar-refractivity contribution in [3.8, 4) is 0 Å². The molecule has 3 aliphatic rings. The largest absolute Gasteiger partial charge is 0.355 e. The van der Waals surface area contributed by atoms with Crippen molar-refractivity contribution in [1.82, 2.24) is 0 Å². The molecule has 80 valence electrons. The second kappa shape index (κ2) is 3.31. The van der Waals surface area contributed by atoms with E-state index in [0.717, 1.165) is 38.4 Å².